The van der Waals surface area contributed by atoms with Gasteiger partial charge in [-0.25, -0.2) is 4.79 Å². The molecule has 0 saturated heterocycles. The van der Waals surface area contributed by atoms with Crippen LogP contribution in [0.3, 0.4) is 0 Å². The first-order valence-corrected chi connectivity index (χ1v) is 6.57. The zero-order chi connectivity index (χ0) is 13.0. The smallest absolute Gasteiger partial charge is 0.373 e. The van der Waals surface area contributed by atoms with E-state index in [-0.39, 0.29) is 11.0 Å². The number of hydrogen-bond acceptors (Lipinski definition) is 5. The van der Waals surface area contributed by atoms with Crippen LogP contribution < -0.4 is 0 Å². The summed E-state index contributed by atoms with van der Waals surface area (Å²) in [5.41, 5.74) is 0. The number of esters is 1. The fraction of sp³-hybridized carbons (Fsp3) is 0.308. The minimum atomic E-state index is -0.454. The summed E-state index contributed by atoms with van der Waals surface area (Å²) in [5.74, 6) is 2.23. The van der Waals surface area contributed by atoms with Crippen molar-refractivity contribution in [3.63, 3.8) is 0 Å². The van der Waals surface area contributed by atoms with Crippen LogP contribution in [0.4, 0.5) is 0 Å². The van der Waals surface area contributed by atoms with Gasteiger partial charge in [-0.2, -0.15) is 0 Å². The molecule has 1 unspecified atom stereocenters. The number of methoxy groups -OCH3 is 1. The summed E-state index contributed by atoms with van der Waals surface area (Å²) in [5, 5.41) is 0.147. The Hall–Kier alpha value is -1.62. The molecule has 0 saturated carbocycles. The molecule has 2 aromatic rings. The van der Waals surface area contributed by atoms with Crippen molar-refractivity contribution in [1.29, 1.82) is 0 Å². The van der Waals surface area contributed by atoms with Crippen molar-refractivity contribution in [2.45, 2.75) is 17.9 Å². The maximum atomic E-state index is 11.3. The topological polar surface area (TPSA) is 52.6 Å². The fourth-order valence-corrected chi connectivity index (χ4v) is 2.34. The number of furan rings is 2. The second-order valence-electron chi connectivity index (χ2n) is 3.73. The molecule has 0 aliphatic heterocycles. The van der Waals surface area contributed by atoms with Gasteiger partial charge in [-0.05, 0) is 31.2 Å². The van der Waals surface area contributed by atoms with Crippen LogP contribution in [0.2, 0.25) is 0 Å². The molecule has 0 aromatic carbocycles. The van der Waals surface area contributed by atoms with Gasteiger partial charge >= 0.3 is 5.97 Å². The molecule has 0 aliphatic rings. The Balaban J connectivity index is 1.94. The lowest BCUT2D eigenvalue weighted by atomic mass is 10.3. The van der Waals surface area contributed by atoms with Crippen molar-refractivity contribution in [2.75, 3.05) is 7.11 Å². The number of thioether (sulfide) groups is 1. The number of hydrogen-bond donors (Lipinski definition) is 0. The summed E-state index contributed by atoms with van der Waals surface area (Å²) in [6, 6.07) is 7.22. The monoisotopic (exact) mass is 266 g/mol. The Labute approximate surface area is 109 Å². The van der Waals surface area contributed by atoms with Crippen molar-refractivity contribution in [3.05, 3.63) is 47.8 Å². The number of rotatable bonds is 5. The van der Waals surface area contributed by atoms with Crippen LogP contribution >= 0.6 is 11.8 Å². The molecular formula is C13H14O4S. The van der Waals surface area contributed by atoms with Crippen molar-refractivity contribution < 1.29 is 18.4 Å². The van der Waals surface area contributed by atoms with Crippen LogP contribution in [0.15, 0.2) is 39.4 Å². The molecule has 5 heteroatoms. The summed E-state index contributed by atoms with van der Waals surface area (Å²) in [4.78, 5) is 11.3. The molecule has 0 radical (unpaired) electrons. The average Bonchev–Trinajstić information content (AvgIpc) is 3.05. The highest BCUT2D eigenvalue weighted by atomic mass is 32.2. The molecule has 96 valence electrons. The highest BCUT2D eigenvalue weighted by Gasteiger charge is 2.15. The summed E-state index contributed by atoms with van der Waals surface area (Å²) in [6.07, 6.45) is 1.66. The minimum absolute atomic E-state index is 0.147. The van der Waals surface area contributed by atoms with Crippen molar-refractivity contribution >= 4 is 17.7 Å². The Bertz CT molecular complexity index is 501. The van der Waals surface area contributed by atoms with Gasteiger partial charge in [0.1, 0.15) is 11.5 Å². The van der Waals surface area contributed by atoms with E-state index in [2.05, 4.69) is 4.74 Å². The molecular weight excluding hydrogens is 252 g/mol. The zero-order valence-electron chi connectivity index (χ0n) is 10.2. The molecule has 0 spiro atoms. The van der Waals surface area contributed by atoms with E-state index in [0.717, 1.165) is 17.3 Å². The Morgan fingerprint density at radius 1 is 1.44 bits per heavy atom. The molecule has 0 amide bonds. The molecule has 2 heterocycles. The van der Waals surface area contributed by atoms with Crippen LogP contribution in [0, 0.1) is 0 Å². The van der Waals surface area contributed by atoms with E-state index in [0.29, 0.717) is 0 Å². The van der Waals surface area contributed by atoms with Gasteiger partial charge in [0.2, 0.25) is 5.76 Å². The van der Waals surface area contributed by atoms with E-state index in [9.17, 15) is 4.79 Å². The average molecular weight is 266 g/mol. The molecule has 0 bridgehead atoms. The van der Waals surface area contributed by atoms with Gasteiger partial charge in [0.15, 0.2) is 0 Å². The van der Waals surface area contributed by atoms with Crippen molar-refractivity contribution in [1.82, 2.24) is 0 Å². The summed E-state index contributed by atoms with van der Waals surface area (Å²) < 4.78 is 15.3. The first kappa shape index (κ1) is 12.8. The van der Waals surface area contributed by atoms with Gasteiger partial charge in [-0.3, -0.25) is 0 Å². The van der Waals surface area contributed by atoms with Gasteiger partial charge < -0.3 is 13.6 Å². The van der Waals surface area contributed by atoms with Crippen LogP contribution in [-0.2, 0) is 10.5 Å². The lowest BCUT2D eigenvalue weighted by Gasteiger charge is -2.06. The molecule has 18 heavy (non-hydrogen) atoms. The normalized spacial score (nSPS) is 12.3. The van der Waals surface area contributed by atoms with Gasteiger partial charge in [0, 0.05) is 0 Å². The van der Waals surface area contributed by atoms with Gasteiger partial charge in [-0.15, -0.1) is 11.8 Å². The highest BCUT2D eigenvalue weighted by molar-refractivity contribution is 7.98. The lowest BCUT2D eigenvalue weighted by molar-refractivity contribution is 0.0563. The van der Waals surface area contributed by atoms with E-state index >= 15 is 0 Å². The molecule has 0 aliphatic carbocycles. The predicted octanol–water partition coefficient (Wildman–Crippen LogP) is 3.65. The van der Waals surface area contributed by atoms with E-state index in [4.69, 9.17) is 8.83 Å². The van der Waals surface area contributed by atoms with E-state index in [1.54, 1.807) is 30.2 Å². The summed E-state index contributed by atoms with van der Waals surface area (Å²) in [7, 11) is 1.33. The third kappa shape index (κ3) is 2.98. The SMILES string of the molecule is COC(=O)c1ccc(C(C)SCc2ccco2)o1. The molecule has 2 aromatic heterocycles. The first-order valence-electron chi connectivity index (χ1n) is 5.52. The summed E-state index contributed by atoms with van der Waals surface area (Å²) in [6.45, 7) is 2.02. The molecule has 0 N–H and O–H groups in total. The fourth-order valence-electron chi connectivity index (χ4n) is 1.47. The second-order valence-corrected chi connectivity index (χ2v) is 5.06. The number of ether oxygens (including phenoxy) is 1. The maximum Gasteiger partial charge on any atom is 0.373 e. The van der Waals surface area contributed by atoms with Crippen LogP contribution in [0.25, 0.3) is 0 Å². The van der Waals surface area contributed by atoms with E-state index in [1.165, 1.54) is 7.11 Å². The summed E-state index contributed by atoms with van der Waals surface area (Å²) >= 11 is 1.68. The lowest BCUT2D eigenvalue weighted by Crippen LogP contribution is -1.98. The largest absolute Gasteiger partial charge is 0.468 e. The van der Waals surface area contributed by atoms with Crippen LogP contribution in [-0.4, -0.2) is 13.1 Å². The molecule has 2 rings (SSSR count). The first-order chi connectivity index (χ1) is 8.70. The van der Waals surface area contributed by atoms with Gasteiger partial charge in [0.25, 0.3) is 0 Å². The van der Waals surface area contributed by atoms with Crippen molar-refractivity contribution in [3.8, 4) is 0 Å². The van der Waals surface area contributed by atoms with E-state index < -0.39 is 5.97 Å². The number of carbonyl (C=O) groups is 1. The Morgan fingerprint density at radius 3 is 2.94 bits per heavy atom. The van der Waals surface area contributed by atoms with Gasteiger partial charge in [-0.1, -0.05) is 0 Å². The molecule has 1 atom stereocenters. The van der Waals surface area contributed by atoms with Gasteiger partial charge in [0.05, 0.1) is 24.4 Å². The van der Waals surface area contributed by atoms with Crippen molar-refractivity contribution in [2.24, 2.45) is 0 Å². The second kappa shape index (κ2) is 5.82. The van der Waals surface area contributed by atoms with Crippen LogP contribution in [0.1, 0.15) is 34.2 Å². The third-order valence-electron chi connectivity index (χ3n) is 2.47. The van der Waals surface area contributed by atoms with Crippen LogP contribution in [0.5, 0.6) is 0 Å². The highest BCUT2D eigenvalue weighted by Crippen LogP contribution is 2.32. The van der Waals surface area contributed by atoms with E-state index in [1.807, 2.05) is 19.1 Å². The minimum Gasteiger partial charge on any atom is -0.468 e. The zero-order valence-corrected chi connectivity index (χ0v) is 11.0. The predicted molar refractivity (Wildman–Crippen MR) is 68.5 cm³/mol. The third-order valence-corrected chi connectivity index (χ3v) is 3.65. The Morgan fingerprint density at radius 2 is 2.28 bits per heavy atom. The number of carbonyl (C=O) groups excluding carboxylic acids is 1. The maximum absolute atomic E-state index is 11.3. The standard InChI is InChI=1S/C13H14O4S/c1-9(18-8-10-4-3-7-16-10)11-5-6-12(17-11)13(14)15-2/h3-7,9H,8H2,1-2H3. The molecule has 0 fully saturated rings. The quantitative estimate of drug-likeness (QED) is 0.773. The Kier molecular flexibility index (Phi) is 4.15. The molecule has 4 nitrogen and oxygen atoms in total.